The van der Waals surface area contributed by atoms with E-state index in [-0.39, 0.29) is 6.29 Å². The minimum absolute atomic E-state index is 0.0678. The summed E-state index contributed by atoms with van der Waals surface area (Å²) in [6.07, 6.45) is 5.20. The molecular formula is C15H20O2. The molecule has 0 saturated carbocycles. The second kappa shape index (κ2) is 6.58. The van der Waals surface area contributed by atoms with Crippen molar-refractivity contribution >= 4 is 5.57 Å². The smallest absolute Gasteiger partial charge is 0.162 e. The third kappa shape index (κ3) is 3.69. The van der Waals surface area contributed by atoms with Crippen LogP contribution >= 0.6 is 0 Å². The summed E-state index contributed by atoms with van der Waals surface area (Å²) in [5.74, 6) is 0. The predicted molar refractivity (Wildman–Crippen MR) is 69.6 cm³/mol. The maximum absolute atomic E-state index is 5.71. The molecule has 2 nitrogen and oxygen atoms in total. The first-order valence-corrected chi connectivity index (χ1v) is 6.38. The van der Waals surface area contributed by atoms with Gasteiger partial charge in [0.1, 0.15) is 0 Å². The average Bonchev–Trinajstić information content (AvgIpc) is 2.41. The zero-order valence-electron chi connectivity index (χ0n) is 10.4. The molecule has 0 spiro atoms. The van der Waals surface area contributed by atoms with Gasteiger partial charge in [0.05, 0.1) is 6.61 Å². The topological polar surface area (TPSA) is 18.5 Å². The van der Waals surface area contributed by atoms with Crippen molar-refractivity contribution in [1.29, 1.82) is 0 Å². The normalized spacial score (nSPS) is 20.1. The van der Waals surface area contributed by atoms with Gasteiger partial charge in [-0.25, -0.2) is 0 Å². The Hall–Kier alpha value is -1.12. The molecule has 2 rings (SSSR count). The summed E-state index contributed by atoms with van der Waals surface area (Å²) in [6, 6.07) is 10.5. The van der Waals surface area contributed by atoms with E-state index in [0.29, 0.717) is 6.61 Å². The summed E-state index contributed by atoms with van der Waals surface area (Å²) in [4.78, 5) is 0. The molecule has 0 saturated heterocycles. The van der Waals surface area contributed by atoms with Crippen LogP contribution in [0.5, 0.6) is 0 Å². The van der Waals surface area contributed by atoms with E-state index in [9.17, 15) is 0 Å². The first-order valence-electron chi connectivity index (χ1n) is 6.38. The lowest BCUT2D eigenvalue weighted by Crippen LogP contribution is -2.22. The molecule has 92 valence electrons. The van der Waals surface area contributed by atoms with Gasteiger partial charge in [0.2, 0.25) is 0 Å². The molecule has 1 aliphatic heterocycles. The third-order valence-corrected chi connectivity index (χ3v) is 2.94. The van der Waals surface area contributed by atoms with Crippen molar-refractivity contribution < 1.29 is 9.47 Å². The summed E-state index contributed by atoms with van der Waals surface area (Å²) < 4.78 is 11.3. The molecule has 1 heterocycles. The number of hydrogen-bond acceptors (Lipinski definition) is 2. The molecule has 0 amide bonds. The lowest BCUT2D eigenvalue weighted by Gasteiger charge is -2.23. The van der Waals surface area contributed by atoms with Crippen LogP contribution in [-0.2, 0) is 9.47 Å². The number of ether oxygens (including phenoxy) is 2. The fraction of sp³-hybridized carbons (Fsp3) is 0.467. The average molecular weight is 232 g/mol. The maximum atomic E-state index is 5.71. The van der Waals surface area contributed by atoms with Crippen molar-refractivity contribution in [2.75, 3.05) is 13.2 Å². The molecule has 0 aromatic heterocycles. The van der Waals surface area contributed by atoms with E-state index in [1.165, 1.54) is 11.1 Å². The fourth-order valence-corrected chi connectivity index (χ4v) is 1.93. The van der Waals surface area contributed by atoms with Gasteiger partial charge in [0.15, 0.2) is 6.29 Å². The Labute approximate surface area is 103 Å². The van der Waals surface area contributed by atoms with E-state index < -0.39 is 0 Å². The SMILES string of the molecule is CCCCO[C@@H]1CC(c2ccccc2)=CCO1. The largest absolute Gasteiger partial charge is 0.352 e. The number of rotatable bonds is 5. The molecule has 0 N–H and O–H groups in total. The standard InChI is InChI=1S/C15H20O2/c1-2-3-10-16-15-12-14(9-11-17-15)13-7-5-4-6-8-13/h4-9,15H,2-3,10-12H2,1H3/t15-/m0/s1. The van der Waals surface area contributed by atoms with Crippen molar-refractivity contribution in [2.24, 2.45) is 0 Å². The molecule has 0 radical (unpaired) electrons. The highest BCUT2D eigenvalue weighted by atomic mass is 16.7. The summed E-state index contributed by atoms with van der Waals surface area (Å²) in [7, 11) is 0. The minimum Gasteiger partial charge on any atom is -0.352 e. The van der Waals surface area contributed by atoms with Crippen LogP contribution in [0.25, 0.3) is 5.57 Å². The summed E-state index contributed by atoms with van der Waals surface area (Å²) in [5.41, 5.74) is 2.61. The Morgan fingerprint density at radius 2 is 2.12 bits per heavy atom. The third-order valence-electron chi connectivity index (χ3n) is 2.94. The molecule has 1 aromatic rings. The van der Waals surface area contributed by atoms with Crippen LogP contribution in [0.15, 0.2) is 36.4 Å². The molecule has 0 unspecified atom stereocenters. The molecule has 1 atom stereocenters. The zero-order valence-corrected chi connectivity index (χ0v) is 10.4. The van der Waals surface area contributed by atoms with E-state index in [4.69, 9.17) is 9.47 Å². The van der Waals surface area contributed by atoms with Crippen molar-refractivity contribution in [2.45, 2.75) is 32.5 Å². The number of hydrogen-bond donors (Lipinski definition) is 0. The van der Waals surface area contributed by atoms with Gasteiger partial charge in [-0.05, 0) is 17.6 Å². The fourth-order valence-electron chi connectivity index (χ4n) is 1.93. The zero-order chi connectivity index (χ0) is 11.9. The van der Waals surface area contributed by atoms with Gasteiger partial charge in [-0.2, -0.15) is 0 Å². The molecule has 2 heteroatoms. The lowest BCUT2D eigenvalue weighted by atomic mass is 10.0. The van der Waals surface area contributed by atoms with Crippen LogP contribution in [0.2, 0.25) is 0 Å². The van der Waals surface area contributed by atoms with Gasteiger partial charge in [0, 0.05) is 13.0 Å². The van der Waals surface area contributed by atoms with Crippen LogP contribution in [0, 0.1) is 0 Å². The van der Waals surface area contributed by atoms with Crippen LogP contribution in [0.4, 0.5) is 0 Å². The van der Waals surface area contributed by atoms with Gasteiger partial charge in [-0.1, -0.05) is 49.8 Å². The molecule has 0 bridgehead atoms. The van der Waals surface area contributed by atoms with Crippen LogP contribution in [-0.4, -0.2) is 19.5 Å². The van der Waals surface area contributed by atoms with Gasteiger partial charge >= 0.3 is 0 Å². The van der Waals surface area contributed by atoms with Crippen molar-refractivity contribution in [3.05, 3.63) is 42.0 Å². The second-order valence-electron chi connectivity index (χ2n) is 4.29. The summed E-state index contributed by atoms with van der Waals surface area (Å²) >= 11 is 0. The lowest BCUT2D eigenvalue weighted by molar-refractivity contribution is -0.135. The molecular weight excluding hydrogens is 212 g/mol. The quantitative estimate of drug-likeness (QED) is 0.722. The van der Waals surface area contributed by atoms with E-state index >= 15 is 0 Å². The Morgan fingerprint density at radius 3 is 2.88 bits per heavy atom. The van der Waals surface area contributed by atoms with E-state index in [1.807, 2.05) is 6.07 Å². The van der Waals surface area contributed by atoms with E-state index in [1.54, 1.807) is 0 Å². The molecule has 0 fully saturated rings. The van der Waals surface area contributed by atoms with Gasteiger partial charge in [-0.3, -0.25) is 0 Å². The Bertz CT molecular complexity index is 356. The highest BCUT2D eigenvalue weighted by molar-refractivity contribution is 5.66. The highest BCUT2D eigenvalue weighted by Gasteiger charge is 2.17. The number of unbranched alkanes of at least 4 members (excludes halogenated alkanes) is 1. The van der Waals surface area contributed by atoms with Crippen LogP contribution in [0.3, 0.4) is 0 Å². The van der Waals surface area contributed by atoms with Crippen molar-refractivity contribution in [1.82, 2.24) is 0 Å². The number of benzene rings is 1. The Morgan fingerprint density at radius 1 is 1.29 bits per heavy atom. The van der Waals surface area contributed by atoms with E-state index in [2.05, 4.69) is 37.3 Å². The molecule has 1 aliphatic rings. The first-order chi connectivity index (χ1) is 8.40. The van der Waals surface area contributed by atoms with Crippen molar-refractivity contribution in [3.8, 4) is 0 Å². The monoisotopic (exact) mass is 232 g/mol. The van der Waals surface area contributed by atoms with Crippen LogP contribution < -0.4 is 0 Å². The van der Waals surface area contributed by atoms with E-state index in [0.717, 1.165) is 25.9 Å². The summed E-state index contributed by atoms with van der Waals surface area (Å²) in [6.45, 7) is 3.62. The second-order valence-corrected chi connectivity index (χ2v) is 4.29. The van der Waals surface area contributed by atoms with Gasteiger partial charge < -0.3 is 9.47 Å². The minimum atomic E-state index is -0.0678. The van der Waals surface area contributed by atoms with Crippen molar-refractivity contribution in [3.63, 3.8) is 0 Å². The highest BCUT2D eigenvalue weighted by Crippen LogP contribution is 2.25. The van der Waals surface area contributed by atoms with Gasteiger partial charge in [0.25, 0.3) is 0 Å². The Kier molecular flexibility index (Phi) is 4.77. The predicted octanol–water partition coefficient (Wildman–Crippen LogP) is 3.63. The Balaban J connectivity index is 1.90. The molecule has 1 aromatic carbocycles. The maximum Gasteiger partial charge on any atom is 0.162 e. The van der Waals surface area contributed by atoms with Crippen LogP contribution in [0.1, 0.15) is 31.7 Å². The van der Waals surface area contributed by atoms with Gasteiger partial charge in [-0.15, -0.1) is 0 Å². The molecule has 17 heavy (non-hydrogen) atoms. The summed E-state index contributed by atoms with van der Waals surface area (Å²) in [5, 5.41) is 0. The molecule has 0 aliphatic carbocycles. The first kappa shape index (κ1) is 12.3.